The van der Waals surface area contributed by atoms with Gasteiger partial charge in [-0.25, -0.2) is 0 Å². The van der Waals surface area contributed by atoms with E-state index in [1.165, 1.54) is 6.92 Å². The summed E-state index contributed by atoms with van der Waals surface area (Å²) in [6.45, 7) is 13.4. The second-order valence-electron chi connectivity index (χ2n) is 2.73. The van der Waals surface area contributed by atoms with Crippen LogP contribution in [0.25, 0.3) is 0 Å². The highest BCUT2D eigenvalue weighted by atomic mass is 16.4. The second-order valence-corrected chi connectivity index (χ2v) is 2.73. The van der Waals surface area contributed by atoms with E-state index < -0.39 is 12.0 Å². The number of likely N-dealkylation sites (N-methyl/N-ethyl adjacent to an activating group) is 1. The van der Waals surface area contributed by atoms with Crippen molar-refractivity contribution in [1.29, 1.82) is 0 Å². The van der Waals surface area contributed by atoms with Crippen LogP contribution in [0, 0.1) is 5.92 Å². The summed E-state index contributed by atoms with van der Waals surface area (Å²) < 4.78 is 0. The summed E-state index contributed by atoms with van der Waals surface area (Å²) in [5.74, 6) is -0.570. The fraction of sp³-hybridized carbons (Fsp3) is 0.846. The van der Waals surface area contributed by atoms with Gasteiger partial charge in [-0.3, -0.25) is 4.79 Å². The van der Waals surface area contributed by atoms with Gasteiger partial charge in [-0.2, -0.15) is 0 Å². The third kappa shape index (κ3) is 21.0. The molecule has 0 aromatic carbocycles. The quantitative estimate of drug-likeness (QED) is 0.752. The predicted molar refractivity (Wildman–Crippen MR) is 74.4 cm³/mol. The lowest BCUT2D eigenvalue weighted by Gasteiger charge is -2.16. The number of carbonyl (C=O) groups excluding carboxylic acids is 1. The first kappa shape index (κ1) is 25.1. The van der Waals surface area contributed by atoms with Crippen LogP contribution in [0.2, 0.25) is 0 Å². The lowest BCUT2D eigenvalue weighted by Crippen LogP contribution is -2.39. The van der Waals surface area contributed by atoms with E-state index in [0.717, 1.165) is 12.7 Å². The minimum Gasteiger partial charge on any atom is -0.480 e. The van der Waals surface area contributed by atoms with Gasteiger partial charge in [0.2, 0.25) is 0 Å². The molecule has 0 aliphatic rings. The van der Waals surface area contributed by atoms with E-state index in [9.17, 15) is 4.79 Å². The van der Waals surface area contributed by atoms with Gasteiger partial charge in [-0.15, -0.1) is 0 Å². The molecule has 2 unspecified atom stereocenters. The van der Waals surface area contributed by atoms with Crippen LogP contribution in [0.5, 0.6) is 0 Å². The number of rotatable bonds is 4. The number of hydrogen-bond donors (Lipinski definition) is 2. The Hall–Kier alpha value is -0.900. The Morgan fingerprint density at radius 3 is 1.65 bits per heavy atom. The first-order valence-corrected chi connectivity index (χ1v) is 6.34. The summed E-state index contributed by atoms with van der Waals surface area (Å²) >= 11 is 0. The van der Waals surface area contributed by atoms with Crippen LogP contribution in [0.1, 0.15) is 54.9 Å². The van der Waals surface area contributed by atoms with E-state index in [-0.39, 0.29) is 5.92 Å². The number of hydrogen-bond acceptors (Lipinski definition) is 3. The van der Waals surface area contributed by atoms with Crippen molar-refractivity contribution in [2.45, 2.75) is 60.9 Å². The van der Waals surface area contributed by atoms with Crippen molar-refractivity contribution in [3.63, 3.8) is 0 Å². The number of aliphatic carboxylic acids is 1. The molecule has 106 valence electrons. The zero-order valence-corrected chi connectivity index (χ0v) is 12.7. The molecule has 0 heterocycles. The minimum atomic E-state index is -0.767. The van der Waals surface area contributed by atoms with Gasteiger partial charge in [0.05, 0.1) is 0 Å². The number of carbonyl (C=O) groups is 2. The fourth-order valence-electron chi connectivity index (χ4n) is 0.887. The van der Waals surface area contributed by atoms with Crippen LogP contribution < -0.4 is 5.32 Å². The van der Waals surface area contributed by atoms with Crippen LogP contribution in [0.3, 0.4) is 0 Å². The van der Waals surface area contributed by atoms with Crippen LogP contribution >= 0.6 is 0 Å². The molecule has 2 N–H and O–H groups in total. The maximum absolute atomic E-state index is 10.5. The van der Waals surface area contributed by atoms with Gasteiger partial charge >= 0.3 is 5.97 Å². The van der Waals surface area contributed by atoms with Crippen LogP contribution in [0.4, 0.5) is 0 Å². The molecular formula is C13H31NO3. The molecule has 4 nitrogen and oxygen atoms in total. The normalized spacial score (nSPS) is 11.1. The van der Waals surface area contributed by atoms with Gasteiger partial charge in [0.1, 0.15) is 12.3 Å². The Balaban J connectivity index is -0.000000102. The summed E-state index contributed by atoms with van der Waals surface area (Å²) in [4.78, 5) is 19.3. The zero-order valence-electron chi connectivity index (χ0n) is 12.7. The molecule has 0 aromatic heterocycles. The molecule has 0 fully saturated rings. The molecule has 0 saturated heterocycles. The SMILES string of the molecule is CC.CC.CC=O.CCC(C)C(NC)C(=O)O. The maximum atomic E-state index is 10.5. The first-order valence-electron chi connectivity index (χ1n) is 6.34. The van der Waals surface area contributed by atoms with E-state index in [4.69, 9.17) is 9.90 Å². The summed E-state index contributed by atoms with van der Waals surface area (Å²) in [7, 11) is 1.67. The minimum absolute atomic E-state index is 0.197. The molecule has 0 saturated carbocycles. The van der Waals surface area contributed by atoms with Crippen LogP contribution in [-0.2, 0) is 9.59 Å². The van der Waals surface area contributed by atoms with Crippen molar-refractivity contribution in [2.75, 3.05) is 7.05 Å². The second kappa shape index (κ2) is 24.4. The Bertz CT molecular complexity index is 150. The highest BCUT2D eigenvalue weighted by Gasteiger charge is 2.20. The largest absolute Gasteiger partial charge is 0.480 e. The van der Waals surface area contributed by atoms with Crippen molar-refractivity contribution < 1.29 is 14.7 Å². The van der Waals surface area contributed by atoms with E-state index >= 15 is 0 Å². The van der Waals surface area contributed by atoms with Gasteiger partial charge in [0.15, 0.2) is 0 Å². The molecule has 0 radical (unpaired) electrons. The molecule has 0 rings (SSSR count). The lowest BCUT2D eigenvalue weighted by molar-refractivity contribution is -0.140. The van der Waals surface area contributed by atoms with Crippen molar-refractivity contribution in [3.8, 4) is 0 Å². The Labute approximate surface area is 107 Å². The zero-order chi connectivity index (χ0) is 14.9. The molecule has 0 amide bonds. The van der Waals surface area contributed by atoms with Gasteiger partial charge in [0, 0.05) is 0 Å². The lowest BCUT2D eigenvalue weighted by atomic mass is 10.00. The van der Waals surface area contributed by atoms with Crippen molar-refractivity contribution in [1.82, 2.24) is 5.32 Å². The van der Waals surface area contributed by atoms with Gasteiger partial charge < -0.3 is 15.2 Å². The highest BCUT2D eigenvalue weighted by Crippen LogP contribution is 2.06. The molecule has 4 heteroatoms. The van der Waals surface area contributed by atoms with E-state index in [2.05, 4.69) is 5.32 Å². The summed E-state index contributed by atoms with van der Waals surface area (Å²) in [6, 6.07) is -0.398. The number of carboxylic acids is 1. The predicted octanol–water partition coefficient (Wildman–Crippen LogP) is 2.96. The summed E-state index contributed by atoms with van der Waals surface area (Å²) in [5, 5.41) is 11.4. The first-order chi connectivity index (χ1) is 8.04. The maximum Gasteiger partial charge on any atom is 0.320 e. The molecule has 2 atom stereocenters. The van der Waals surface area contributed by atoms with Crippen LogP contribution in [0.15, 0.2) is 0 Å². The van der Waals surface area contributed by atoms with Crippen molar-refractivity contribution >= 4 is 12.3 Å². The summed E-state index contributed by atoms with van der Waals surface area (Å²) in [6.07, 6.45) is 1.64. The number of carboxylic acid groups (broad SMARTS) is 1. The average molecular weight is 249 g/mol. The Morgan fingerprint density at radius 2 is 1.59 bits per heavy atom. The standard InChI is InChI=1S/C7H15NO2.C2H4O.2C2H6/c1-4-5(2)6(8-3)7(9)10;1-2-3;2*1-2/h5-6,8H,4H2,1-3H3,(H,9,10);2H,1H3;2*1-2H3. The van der Waals surface area contributed by atoms with E-state index in [0.29, 0.717) is 0 Å². The van der Waals surface area contributed by atoms with E-state index in [1.807, 2.05) is 41.5 Å². The molecule has 0 aliphatic carbocycles. The Morgan fingerprint density at radius 1 is 1.29 bits per heavy atom. The fourth-order valence-corrected chi connectivity index (χ4v) is 0.887. The average Bonchev–Trinajstić information content (AvgIpc) is 2.35. The van der Waals surface area contributed by atoms with Gasteiger partial charge in [-0.1, -0.05) is 48.0 Å². The number of nitrogens with one attached hydrogen (secondary N) is 1. The van der Waals surface area contributed by atoms with E-state index in [1.54, 1.807) is 7.05 Å². The highest BCUT2D eigenvalue weighted by molar-refractivity contribution is 5.73. The molecule has 0 aromatic rings. The van der Waals surface area contributed by atoms with Crippen molar-refractivity contribution in [3.05, 3.63) is 0 Å². The van der Waals surface area contributed by atoms with Crippen LogP contribution in [-0.4, -0.2) is 30.5 Å². The molecule has 0 bridgehead atoms. The van der Waals surface area contributed by atoms with Gasteiger partial charge in [0.25, 0.3) is 0 Å². The topological polar surface area (TPSA) is 66.4 Å². The summed E-state index contributed by atoms with van der Waals surface area (Å²) in [5.41, 5.74) is 0. The molecule has 0 aliphatic heterocycles. The molecule has 0 spiro atoms. The van der Waals surface area contributed by atoms with Gasteiger partial charge in [-0.05, 0) is 19.9 Å². The third-order valence-corrected chi connectivity index (χ3v) is 1.79. The molecule has 17 heavy (non-hydrogen) atoms. The Kier molecular flexibility index (Phi) is 35.9. The van der Waals surface area contributed by atoms with Crippen molar-refractivity contribution in [2.24, 2.45) is 5.92 Å². The number of aldehydes is 1. The monoisotopic (exact) mass is 249 g/mol. The smallest absolute Gasteiger partial charge is 0.320 e. The third-order valence-electron chi connectivity index (χ3n) is 1.79. The molecular weight excluding hydrogens is 218 g/mol.